The van der Waals surface area contributed by atoms with Gasteiger partial charge >= 0.3 is 0 Å². The molecule has 2 heterocycles. The number of nitrogens with one attached hydrogen (secondary N) is 2. The maximum absolute atomic E-state index is 5.90. The summed E-state index contributed by atoms with van der Waals surface area (Å²) in [5.74, 6) is 2.75. The van der Waals surface area contributed by atoms with Gasteiger partial charge in [0.05, 0.1) is 13.1 Å². The van der Waals surface area contributed by atoms with Crippen molar-refractivity contribution in [3.63, 3.8) is 0 Å². The summed E-state index contributed by atoms with van der Waals surface area (Å²) in [7, 11) is 1.78. The molecule has 0 aliphatic carbocycles. The lowest BCUT2D eigenvalue weighted by molar-refractivity contribution is 0.320. The molecule has 154 valence electrons. The van der Waals surface area contributed by atoms with Crippen molar-refractivity contribution in [2.24, 2.45) is 4.99 Å². The third kappa shape index (κ3) is 6.08. The van der Waals surface area contributed by atoms with E-state index in [4.69, 9.17) is 4.74 Å². The summed E-state index contributed by atoms with van der Waals surface area (Å²) in [6.45, 7) is 8.68. The first-order valence-corrected chi connectivity index (χ1v) is 9.53. The van der Waals surface area contributed by atoms with E-state index in [-0.39, 0.29) is 29.4 Å². The Morgan fingerprint density at radius 1 is 1.36 bits per heavy atom. The molecule has 28 heavy (non-hydrogen) atoms. The molecule has 0 fully saturated rings. The molecule has 1 aromatic carbocycles. The highest BCUT2D eigenvalue weighted by atomic mass is 127. The molecule has 1 aliphatic rings. The van der Waals surface area contributed by atoms with Crippen LogP contribution in [0.15, 0.2) is 35.6 Å². The van der Waals surface area contributed by atoms with E-state index in [1.807, 2.05) is 16.8 Å². The minimum Gasteiger partial charge on any atom is -0.492 e. The smallest absolute Gasteiger partial charge is 0.191 e. The molecular weight excluding hydrogens is 467 g/mol. The molecule has 0 saturated carbocycles. The van der Waals surface area contributed by atoms with Crippen LogP contribution in [-0.2, 0) is 18.4 Å². The van der Waals surface area contributed by atoms with Gasteiger partial charge in [0.25, 0.3) is 0 Å². The number of ether oxygens (including phenoxy) is 1. The first kappa shape index (κ1) is 22.4. The van der Waals surface area contributed by atoms with Gasteiger partial charge in [0, 0.05) is 19.5 Å². The van der Waals surface area contributed by atoms with Crippen LogP contribution in [0, 0.1) is 0 Å². The number of aliphatic imine (C=N–C) groups is 1. The Bertz CT molecular complexity index is 783. The minimum absolute atomic E-state index is 0. The van der Waals surface area contributed by atoms with Crippen molar-refractivity contribution in [2.45, 2.75) is 51.6 Å². The summed E-state index contributed by atoms with van der Waals surface area (Å²) in [5, 5.41) is 11.0. The topological polar surface area (TPSA) is 76.4 Å². The van der Waals surface area contributed by atoms with E-state index >= 15 is 0 Å². The average molecular weight is 498 g/mol. The van der Waals surface area contributed by atoms with Gasteiger partial charge in [-0.3, -0.25) is 4.99 Å². The zero-order chi connectivity index (χ0) is 19.3. The molecule has 0 bridgehead atoms. The molecule has 8 heteroatoms. The molecule has 2 aromatic rings. The second kappa shape index (κ2) is 10.1. The third-order valence-corrected chi connectivity index (χ3v) is 4.73. The monoisotopic (exact) mass is 498 g/mol. The number of aromatic nitrogens is 3. The molecule has 3 rings (SSSR count). The van der Waals surface area contributed by atoms with E-state index in [9.17, 15) is 0 Å². The molecule has 1 atom stereocenters. The Morgan fingerprint density at radius 3 is 2.93 bits per heavy atom. The lowest BCUT2D eigenvalue weighted by Gasteiger charge is -2.25. The van der Waals surface area contributed by atoms with E-state index in [0.29, 0.717) is 19.2 Å². The van der Waals surface area contributed by atoms with Crippen molar-refractivity contribution in [1.29, 1.82) is 0 Å². The Labute approximate surface area is 184 Å². The van der Waals surface area contributed by atoms with Crippen molar-refractivity contribution in [2.75, 3.05) is 20.2 Å². The van der Waals surface area contributed by atoms with Crippen LogP contribution in [0.5, 0.6) is 5.75 Å². The molecule has 0 amide bonds. The number of fused-ring (bicyclic) bond motifs is 1. The van der Waals surface area contributed by atoms with Gasteiger partial charge in [-0.1, -0.05) is 32.9 Å². The van der Waals surface area contributed by atoms with Gasteiger partial charge in [-0.25, -0.2) is 9.67 Å². The Hall–Kier alpha value is -1.84. The minimum atomic E-state index is 0. The Morgan fingerprint density at radius 2 is 2.18 bits per heavy atom. The number of nitrogens with zero attached hydrogens (tertiary/aromatic N) is 4. The van der Waals surface area contributed by atoms with Crippen molar-refractivity contribution in [3.8, 4) is 5.75 Å². The Balaban J connectivity index is 0.00000280. The van der Waals surface area contributed by atoms with Crippen LogP contribution >= 0.6 is 24.0 Å². The summed E-state index contributed by atoms with van der Waals surface area (Å²) >= 11 is 0. The van der Waals surface area contributed by atoms with Crippen LogP contribution < -0.4 is 15.4 Å². The fourth-order valence-corrected chi connectivity index (χ4v) is 3.13. The number of aryl methyl sites for hydroxylation is 1. The van der Waals surface area contributed by atoms with Crippen LogP contribution in [0.2, 0.25) is 0 Å². The van der Waals surface area contributed by atoms with E-state index in [2.05, 4.69) is 58.6 Å². The lowest BCUT2D eigenvalue weighted by Crippen LogP contribution is -2.47. The molecule has 0 spiro atoms. The number of benzene rings is 1. The molecule has 7 nitrogen and oxygen atoms in total. The lowest BCUT2D eigenvalue weighted by atomic mass is 9.87. The first-order valence-electron chi connectivity index (χ1n) is 9.53. The third-order valence-electron chi connectivity index (χ3n) is 4.73. The molecule has 1 unspecified atom stereocenters. The second-order valence-corrected chi connectivity index (χ2v) is 7.86. The van der Waals surface area contributed by atoms with Gasteiger partial charge in [0.2, 0.25) is 0 Å². The predicted molar refractivity (Wildman–Crippen MR) is 123 cm³/mol. The summed E-state index contributed by atoms with van der Waals surface area (Å²) in [6, 6.07) is 8.60. The van der Waals surface area contributed by atoms with E-state index < -0.39 is 0 Å². The van der Waals surface area contributed by atoms with Crippen LogP contribution in [0.1, 0.15) is 38.6 Å². The molecule has 0 radical (unpaired) electrons. The van der Waals surface area contributed by atoms with E-state index in [1.165, 1.54) is 5.56 Å². The van der Waals surface area contributed by atoms with Crippen molar-refractivity contribution < 1.29 is 4.74 Å². The van der Waals surface area contributed by atoms with Gasteiger partial charge in [0.1, 0.15) is 24.5 Å². The molecule has 1 aliphatic heterocycles. The summed E-state index contributed by atoms with van der Waals surface area (Å²) < 4.78 is 7.85. The standard InChI is InChI=1S/C20H30N6O.HI/c1-20(2,3)15-6-5-7-17(12-15)27-11-10-22-19(21-4)25-16-8-9-18-23-14-24-26(18)13-16;/h5-7,12,14,16H,8-11,13H2,1-4H3,(H2,21,22,25);1H. The van der Waals surface area contributed by atoms with Gasteiger partial charge in [-0.2, -0.15) is 5.10 Å². The van der Waals surface area contributed by atoms with Crippen molar-refractivity contribution in [3.05, 3.63) is 42.0 Å². The van der Waals surface area contributed by atoms with Crippen molar-refractivity contribution >= 4 is 29.9 Å². The highest BCUT2D eigenvalue weighted by Gasteiger charge is 2.20. The first-order chi connectivity index (χ1) is 13.0. The Kier molecular flexibility index (Phi) is 8.09. The number of guanidine groups is 1. The maximum atomic E-state index is 5.90. The predicted octanol–water partition coefficient (Wildman–Crippen LogP) is 2.75. The molecular formula is C20H31IN6O. The fourth-order valence-electron chi connectivity index (χ4n) is 3.13. The zero-order valence-corrected chi connectivity index (χ0v) is 19.4. The zero-order valence-electron chi connectivity index (χ0n) is 17.1. The van der Waals surface area contributed by atoms with Crippen LogP contribution in [-0.4, -0.2) is 47.0 Å². The quantitative estimate of drug-likeness (QED) is 0.287. The molecule has 1 aromatic heterocycles. The number of hydrogen-bond donors (Lipinski definition) is 2. The summed E-state index contributed by atoms with van der Waals surface area (Å²) in [4.78, 5) is 8.57. The fraction of sp³-hybridized carbons (Fsp3) is 0.550. The molecule has 0 saturated heterocycles. The molecule has 2 N–H and O–H groups in total. The number of rotatable bonds is 5. The highest BCUT2D eigenvalue weighted by molar-refractivity contribution is 14.0. The van der Waals surface area contributed by atoms with Gasteiger partial charge in [0.15, 0.2) is 5.96 Å². The van der Waals surface area contributed by atoms with Crippen LogP contribution in [0.3, 0.4) is 0 Å². The summed E-state index contributed by atoms with van der Waals surface area (Å²) in [5.41, 5.74) is 1.39. The van der Waals surface area contributed by atoms with Crippen LogP contribution in [0.4, 0.5) is 0 Å². The maximum Gasteiger partial charge on any atom is 0.191 e. The van der Waals surface area contributed by atoms with Gasteiger partial charge in [-0.05, 0) is 29.5 Å². The van der Waals surface area contributed by atoms with Crippen LogP contribution in [0.25, 0.3) is 0 Å². The van der Waals surface area contributed by atoms with E-state index in [0.717, 1.165) is 36.9 Å². The summed E-state index contributed by atoms with van der Waals surface area (Å²) in [6.07, 6.45) is 3.58. The number of hydrogen-bond acceptors (Lipinski definition) is 4. The SMILES string of the molecule is CN=C(NCCOc1cccc(C(C)(C)C)c1)NC1CCc2ncnn2C1.I. The van der Waals surface area contributed by atoms with Gasteiger partial charge < -0.3 is 15.4 Å². The average Bonchev–Trinajstić information content (AvgIpc) is 3.11. The van der Waals surface area contributed by atoms with E-state index in [1.54, 1.807) is 13.4 Å². The number of halogens is 1. The van der Waals surface area contributed by atoms with Gasteiger partial charge in [-0.15, -0.1) is 24.0 Å². The van der Waals surface area contributed by atoms with Crippen molar-refractivity contribution in [1.82, 2.24) is 25.4 Å². The highest BCUT2D eigenvalue weighted by Crippen LogP contribution is 2.25. The normalized spacial score (nSPS) is 16.7. The second-order valence-electron chi connectivity index (χ2n) is 7.86. The largest absolute Gasteiger partial charge is 0.492 e.